The number of hydrogen-bond donors (Lipinski definition) is 1. The lowest BCUT2D eigenvalue weighted by Gasteiger charge is -2.14. The van der Waals surface area contributed by atoms with E-state index in [1.54, 1.807) is 36.4 Å². The number of aryl methyl sites for hydroxylation is 1. The molecule has 0 atom stereocenters. The number of carbonyl (C=O) groups excluding carboxylic acids is 3. The molecule has 176 valence electrons. The van der Waals surface area contributed by atoms with Gasteiger partial charge in [-0.25, -0.2) is 0 Å². The van der Waals surface area contributed by atoms with Crippen LogP contribution < -0.4 is 14.8 Å². The molecule has 0 saturated carbocycles. The van der Waals surface area contributed by atoms with Crippen molar-refractivity contribution in [2.75, 3.05) is 25.1 Å². The van der Waals surface area contributed by atoms with Crippen LogP contribution in [0.1, 0.15) is 18.1 Å². The van der Waals surface area contributed by atoms with E-state index in [9.17, 15) is 14.4 Å². The van der Waals surface area contributed by atoms with Crippen molar-refractivity contribution in [2.45, 2.75) is 13.8 Å². The van der Waals surface area contributed by atoms with Crippen molar-refractivity contribution in [1.29, 1.82) is 0 Å². The number of amides is 3. The summed E-state index contributed by atoms with van der Waals surface area (Å²) in [5.41, 5.74) is 1.92. The lowest BCUT2D eigenvalue weighted by atomic mass is 10.2. The van der Waals surface area contributed by atoms with Crippen molar-refractivity contribution < 1.29 is 23.9 Å². The number of carbonyl (C=O) groups is 3. The summed E-state index contributed by atoms with van der Waals surface area (Å²) >= 11 is 10.2. The SMILES string of the molecule is C#CCOc1c(Br)cc(/C=C2\SC(=O)N(CC(=O)Nc3cc(Cl)ccc3C)C2=O)cc1OCC. The summed E-state index contributed by atoms with van der Waals surface area (Å²) in [7, 11) is 0. The number of terminal acetylenes is 1. The van der Waals surface area contributed by atoms with Crippen molar-refractivity contribution in [2.24, 2.45) is 0 Å². The van der Waals surface area contributed by atoms with E-state index in [0.717, 1.165) is 22.2 Å². The van der Waals surface area contributed by atoms with Crippen molar-refractivity contribution >= 4 is 68.1 Å². The molecule has 3 rings (SSSR count). The van der Waals surface area contributed by atoms with Gasteiger partial charge >= 0.3 is 0 Å². The molecule has 34 heavy (non-hydrogen) atoms. The molecule has 2 aromatic carbocycles. The van der Waals surface area contributed by atoms with Crippen molar-refractivity contribution in [3.05, 3.63) is 55.9 Å². The van der Waals surface area contributed by atoms with E-state index in [2.05, 4.69) is 27.2 Å². The molecule has 2 aromatic rings. The zero-order valence-electron chi connectivity index (χ0n) is 18.3. The minimum atomic E-state index is -0.560. The molecule has 1 N–H and O–H groups in total. The van der Waals surface area contributed by atoms with Crippen LogP contribution in [0.25, 0.3) is 6.08 Å². The quantitative estimate of drug-likeness (QED) is 0.337. The number of nitrogens with one attached hydrogen (secondary N) is 1. The fourth-order valence-electron chi connectivity index (χ4n) is 3.04. The molecule has 0 unspecified atom stereocenters. The molecule has 0 aliphatic carbocycles. The average molecular weight is 564 g/mol. The zero-order valence-corrected chi connectivity index (χ0v) is 21.5. The number of benzene rings is 2. The van der Waals surface area contributed by atoms with Crippen LogP contribution in [0.5, 0.6) is 11.5 Å². The standard InChI is InChI=1S/C24H20BrClN2O5S/c1-4-8-33-22-17(25)9-15(10-19(22)32-5-2)11-20-23(30)28(24(31)34-20)13-21(29)27-18-12-16(26)7-6-14(18)3/h1,6-7,9-12H,5,8,13H2,2-3H3,(H,27,29)/b20-11-. The minimum Gasteiger partial charge on any atom is -0.490 e. The topological polar surface area (TPSA) is 84.9 Å². The normalized spacial score (nSPS) is 14.3. The maximum absolute atomic E-state index is 12.9. The van der Waals surface area contributed by atoms with Gasteiger partial charge in [0.15, 0.2) is 11.5 Å². The molecule has 1 fully saturated rings. The Kier molecular flexibility index (Phi) is 8.67. The Morgan fingerprint density at radius 2 is 2.06 bits per heavy atom. The summed E-state index contributed by atoms with van der Waals surface area (Å²) in [6.07, 6.45) is 6.83. The third-order valence-corrected chi connectivity index (χ3v) is 6.31. The summed E-state index contributed by atoms with van der Waals surface area (Å²) < 4.78 is 11.8. The van der Waals surface area contributed by atoms with Gasteiger partial charge in [0.05, 0.1) is 16.0 Å². The molecule has 7 nitrogen and oxygen atoms in total. The second kappa shape index (κ2) is 11.5. The number of anilines is 1. The monoisotopic (exact) mass is 562 g/mol. The largest absolute Gasteiger partial charge is 0.490 e. The number of halogens is 2. The van der Waals surface area contributed by atoms with Gasteiger partial charge in [0, 0.05) is 10.7 Å². The smallest absolute Gasteiger partial charge is 0.294 e. The number of hydrogen-bond acceptors (Lipinski definition) is 6. The highest BCUT2D eigenvalue weighted by Crippen LogP contribution is 2.39. The molecule has 10 heteroatoms. The maximum atomic E-state index is 12.9. The molecule has 0 radical (unpaired) electrons. The van der Waals surface area contributed by atoms with Crippen LogP contribution in [0.3, 0.4) is 0 Å². The van der Waals surface area contributed by atoms with Gasteiger partial charge in [-0.15, -0.1) is 6.42 Å². The fourth-order valence-corrected chi connectivity index (χ4v) is 4.62. The number of nitrogens with zero attached hydrogens (tertiary/aromatic N) is 1. The first-order valence-electron chi connectivity index (χ1n) is 10.1. The summed E-state index contributed by atoms with van der Waals surface area (Å²) in [6.45, 7) is 3.67. The van der Waals surface area contributed by atoms with Crippen LogP contribution in [0.4, 0.5) is 10.5 Å². The third-order valence-electron chi connectivity index (χ3n) is 4.58. The number of rotatable bonds is 8. The first kappa shape index (κ1) is 25.7. The van der Waals surface area contributed by atoms with Crippen LogP contribution in [-0.2, 0) is 9.59 Å². The van der Waals surface area contributed by atoms with Gasteiger partial charge in [-0.1, -0.05) is 23.6 Å². The number of ether oxygens (including phenoxy) is 2. The predicted octanol–water partition coefficient (Wildman–Crippen LogP) is 5.50. The highest BCUT2D eigenvalue weighted by Gasteiger charge is 2.36. The first-order valence-corrected chi connectivity index (χ1v) is 12.1. The molecule has 0 aromatic heterocycles. The van der Waals surface area contributed by atoms with Gasteiger partial charge in [-0.05, 0) is 83.0 Å². The Bertz CT molecular complexity index is 1220. The average Bonchev–Trinajstić information content (AvgIpc) is 3.03. The van der Waals surface area contributed by atoms with Gasteiger partial charge in [-0.3, -0.25) is 19.3 Å². The molecule has 1 aliphatic heterocycles. The molecule has 3 amide bonds. The molecule has 0 bridgehead atoms. The van der Waals surface area contributed by atoms with E-state index in [-0.39, 0.29) is 11.5 Å². The summed E-state index contributed by atoms with van der Waals surface area (Å²) in [5, 5.41) is 2.61. The van der Waals surface area contributed by atoms with E-state index >= 15 is 0 Å². The van der Waals surface area contributed by atoms with E-state index in [1.165, 1.54) is 0 Å². The maximum Gasteiger partial charge on any atom is 0.294 e. The lowest BCUT2D eigenvalue weighted by Crippen LogP contribution is -2.36. The number of imide groups is 1. The second-order valence-electron chi connectivity index (χ2n) is 7.03. The fraction of sp³-hybridized carbons (Fsp3) is 0.208. The van der Waals surface area contributed by atoms with E-state index in [1.807, 2.05) is 13.8 Å². The molecule has 1 heterocycles. The van der Waals surface area contributed by atoms with Crippen molar-refractivity contribution in [1.82, 2.24) is 4.90 Å². The first-order chi connectivity index (χ1) is 16.2. The van der Waals surface area contributed by atoms with Gasteiger partial charge in [0.25, 0.3) is 11.1 Å². The van der Waals surface area contributed by atoms with Crippen molar-refractivity contribution in [3.63, 3.8) is 0 Å². The Morgan fingerprint density at radius 3 is 2.76 bits per heavy atom. The highest BCUT2D eigenvalue weighted by atomic mass is 79.9. The Hall–Kier alpha value is -2.93. The van der Waals surface area contributed by atoms with Crippen LogP contribution >= 0.6 is 39.3 Å². The van der Waals surface area contributed by atoms with E-state index < -0.39 is 23.6 Å². The summed E-state index contributed by atoms with van der Waals surface area (Å²) in [6, 6.07) is 8.47. The second-order valence-corrected chi connectivity index (χ2v) is 9.32. The van der Waals surface area contributed by atoms with Crippen molar-refractivity contribution in [3.8, 4) is 23.8 Å². The van der Waals surface area contributed by atoms with E-state index in [4.69, 9.17) is 27.5 Å². The predicted molar refractivity (Wildman–Crippen MR) is 137 cm³/mol. The van der Waals surface area contributed by atoms with E-state index in [0.29, 0.717) is 38.9 Å². The number of thioether (sulfide) groups is 1. The van der Waals surface area contributed by atoms with Gasteiger partial charge < -0.3 is 14.8 Å². The van der Waals surface area contributed by atoms with Gasteiger partial charge in [0.1, 0.15) is 13.2 Å². The zero-order chi connectivity index (χ0) is 24.8. The third kappa shape index (κ3) is 6.14. The Morgan fingerprint density at radius 1 is 1.29 bits per heavy atom. The van der Waals surface area contributed by atoms with Gasteiger partial charge in [-0.2, -0.15) is 0 Å². The lowest BCUT2D eigenvalue weighted by molar-refractivity contribution is -0.127. The molecular formula is C24H20BrClN2O5S. The minimum absolute atomic E-state index is 0.0632. The summed E-state index contributed by atoms with van der Waals surface area (Å²) in [4.78, 5) is 38.9. The molecular weight excluding hydrogens is 544 g/mol. The molecule has 1 aliphatic rings. The highest BCUT2D eigenvalue weighted by molar-refractivity contribution is 9.10. The Balaban J connectivity index is 1.78. The molecule has 0 spiro atoms. The Labute approximate surface area is 214 Å². The van der Waals surface area contributed by atoms with Crippen LogP contribution in [0.15, 0.2) is 39.7 Å². The summed E-state index contributed by atoms with van der Waals surface area (Å²) in [5.74, 6) is 2.21. The van der Waals surface area contributed by atoms with Crippen LogP contribution in [-0.4, -0.2) is 41.7 Å². The van der Waals surface area contributed by atoms with Crippen LogP contribution in [0.2, 0.25) is 5.02 Å². The molecule has 1 saturated heterocycles. The van der Waals surface area contributed by atoms with Gasteiger partial charge in [0.2, 0.25) is 5.91 Å². The van der Waals surface area contributed by atoms with Crippen LogP contribution in [0, 0.1) is 19.3 Å².